The number of esters is 1. The second kappa shape index (κ2) is 8.71. The van der Waals surface area contributed by atoms with Crippen molar-refractivity contribution in [2.45, 2.75) is 19.9 Å². The lowest BCUT2D eigenvalue weighted by Crippen LogP contribution is -2.31. The van der Waals surface area contributed by atoms with Gasteiger partial charge in [-0.25, -0.2) is 9.48 Å². The number of benzene rings is 2. The zero-order chi connectivity index (χ0) is 20.1. The molecule has 3 aromatic rings. The van der Waals surface area contributed by atoms with E-state index in [1.807, 2.05) is 32.0 Å². The lowest BCUT2D eigenvalue weighted by atomic mass is 10.1. The number of hydrogen-bond donors (Lipinski definition) is 1. The van der Waals surface area contributed by atoms with Crippen LogP contribution >= 0.6 is 11.6 Å². The molecule has 0 spiro atoms. The van der Waals surface area contributed by atoms with Gasteiger partial charge >= 0.3 is 5.97 Å². The van der Waals surface area contributed by atoms with Gasteiger partial charge in [-0.05, 0) is 61.9 Å². The molecule has 0 saturated heterocycles. The molecule has 0 aliphatic carbocycles. The van der Waals surface area contributed by atoms with Gasteiger partial charge in [-0.3, -0.25) is 4.79 Å². The van der Waals surface area contributed by atoms with Gasteiger partial charge < -0.3 is 10.1 Å². The number of nitrogens with one attached hydrogen (secondary N) is 1. The van der Waals surface area contributed by atoms with Gasteiger partial charge in [-0.15, -0.1) is 0 Å². The molecule has 0 aliphatic rings. The third-order valence-electron chi connectivity index (χ3n) is 4.24. The van der Waals surface area contributed by atoms with E-state index in [0.29, 0.717) is 10.6 Å². The van der Waals surface area contributed by atoms with Gasteiger partial charge in [0.05, 0.1) is 17.3 Å². The van der Waals surface area contributed by atoms with Crippen molar-refractivity contribution in [3.63, 3.8) is 0 Å². The summed E-state index contributed by atoms with van der Waals surface area (Å²) >= 11 is 5.96. The monoisotopic (exact) mass is 397 g/mol. The van der Waals surface area contributed by atoms with Crippen molar-refractivity contribution in [2.75, 3.05) is 6.61 Å². The molecule has 3 rings (SSSR count). The van der Waals surface area contributed by atoms with Gasteiger partial charge in [0, 0.05) is 16.9 Å². The number of carbonyl (C=O) groups is 2. The second-order valence-corrected chi connectivity index (χ2v) is 6.79. The number of aryl methyl sites for hydroxylation is 1. The molecule has 2 aromatic carbocycles. The number of halogens is 1. The number of hydrogen-bond acceptors (Lipinski definition) is 4. The summed E-state index contributed by atoms with van der Waals surface area (Å²) in [5.74, 6) is -0.945. The Bertz CT molecular complexity index is 983. The Kier molecular flexibility index (Phi) is 6.11. The summed E-state index contributed by atoms with van der Waals surface area (Å²) in [7, 11) is 0. The number of nitrogens with zero attached hydrogens (tertiary/aromatic N) is 2. The van der Waals surface area contributed by atoms with Crippen LogP contribution in [0.4, 0.5) is 0 Å². The van der Waals surface area contributed by atoms with E-state index in [9.17, 15) is 9.59 Å². The van der Waals surface area contributed by atoms with Crippen molar-refractivity contribution in [3.05, 3.63) is 82.6 Å². The van der Waals surface area contributed by atoms with Gasteiger partial charge in [0.2, 0.25) is 0 Å². The Labute approximate surface area is 168 Å². The standard InChI is InChI=1S/C21H20ClN3O3/c1-14-10-11-23-25(14)19-8-6-16(7-9-19)21(27)28-13-20(26)24-15(2)17-4-3-5-18(22)12-17/h3-12,15H,13H2,1-2H3,(H,24,26)/t15-/m0/s1. The minimum atomic E-state index is -0.561. The topological polar surface area (TPSA) is 73.2 Å². The molecule has 0 saturated carbocycles. The molecule has 1 aromatic heterocycles. The Balaban J connectivity index is 1.53. The maximum atomic E-state index is 12.2. The lowest BCUT2D eigenvalue weighted by Gasteiger charge is -2.14. The Hall–Kier alpha value is -3.12. The van der Waals surface area contributed by atoms with Crippen molar-refractivity contribution in [3.8, 4) is 5.69 Å². The van der Waals surface area contributed by atoms with Gasteiger partial charge in [-0.2, -0.15) is 5.10 Å². The predicted octanol–water partition coefficient (Wildman–Crippen LogP) is 3.87. The molecule has 6 nitrogen and oxygen atoms in total. The highest BCUT2D eigenvalue weighted by Gasteiger charge is 2.14. The SMILES string of the molecule is Cc1ccnn1-c1ccc(C(=O)OCC(=O)N[C@@H](C)c2cccc(Cl)c2)cc1. The molecule has 0 radical (unpaired) electrons. The van der Waals surface area contributed by atoms with Crippen LogP contribution in [0.15, 0.2) is 60.8 Å². The van der Waals surface area contributed by atoms with Crippen LogP contribution < -0.4 is 5.32 Å². The van der Waals surface area contributed by atoms with Crippen LogP contribution in [0, 0.1) is 6.92 Å². The summed E-state index contributed by atoms with van der Waals surface area (Å²) in [5, 5.41) is 7.59. The van der Waals surface area contributed by atoms with E-state index < -0.39 is 5.97 Å². The van der Waals surface area contributed by atoms with Crippen LogP contribution in [-0.2, 0) is 9.53 Å². The molecule has 1 amide bonds. The fourth-order valence-electron chi connectivity index (χ4n) is 2.74. The van der Waals surface area contributed by atoms with Gasteiger partial charge in [0.1, 0.15) is 0 Å². The molecule has 1 heterocycles. The predicted molar refractivity (Wildman–Crippen MR) is 107 cm³/mol. The quantitative estimate of drug-likeness (QED) is 0.641. The zero-order valence-corrected chi connectivity index (χ0v) is 16.3. The van der Waals surface area contributed by atoms with Crippen LogP contribution in [-0.4, -0.2) is 28.3 Å². The lowest BCUT2D eigenvalue weighted by molar-refractivity contribution is -0.124. The van der Waals surface area contributed by atoms with Crippen molar-refractivity contribution in [1.82, 2.24) is 15.1 Å². The third-order valence-corrected chi connectivity index (χ3v) is 4.48. The van der Waals surface area contributed by atoms with Crippen molar-refractivity contribution in [1.29, 1.82) is 0 Å². The van der Waals surface area contributed by atoms with Gasteiger partial charge in [0.25, 0.3) is 5.91 Å². The fraction of sp³-hybridized carbons (Fsp3) is 0.190. The van der Waals surface area contributed by atoms with Crippen LogP contribution in [0.25, 0.3) is 5.69 Å². The largest absolute Gasteiger partial charge is 0.452 e. The van der Waals surface area contributed by atoms with Crippen LogP contribution in [0.2, 0.25) is 5.02 Å². The van der Waals surface area contributed by atoms with Crippen LogP contribution in [0.3, 0.4) is 0 Å². The minimum Gasteiger partial charge on any atom is -0.452 e. The van der Waals surface area contributed by atoms with E-state index in [2.05, 4.69) is 10.4 Å². The molecule has 0 aliphatic heterocycles. The summed E-state index contributed by atoms with van der Waals surface area (Å²) in [5.41, 5.74) is 3.06. The minimum absolute atomic E-state index is 0.249. The highest BCUT2D eigenvalue weighted by atomic mass is 35.5. The van der Waals surface area contributed by atoms with Crippen LogP contribution in [0.5, 0.6) is 0 Å². The summed E-state index contributed by atoms with van der Waals surface area (Å²) in [6, 6.07) is 15.7. The Morgan fingerprint density at radius 1 is 1.18 bits per heavy atom. The highest BCUT2D eigenvalue weighted by molar-refractivity contribution is 6.30. The number of ether oxygens (including phenoxy) is 1. The first-order valence-electron chi connectivity index (χ1n) is 8.77. The van der Waals surface area contributed by atoms with Crippen molar-refractivity contribution < 1.29 is 14.3 Å². The first-order chi connectivity index (χ1) is 13.4. The summed E-state index contributed by atoms with van der Waals surface area (Å²) < 4.78 is 6.87. The maximum Gasteiger partial charge on any atom is 0.338 e. The summed E-state index contributed by atoms with van der Waals surface area (Å²) in [6.07, 6.45) is 1.71. The van der Waals surface area contributed by atoms with Gasteiger partial charge in [-0.1, -0.05) is 23.7 Å². The van der Waals surface area contributed by atoms with E-state index in [1.165, 1.54) is 0 Å². The fourth-order valence-corrected chi connectivity index (χ4v) is 2.93. The summed E-state index contributed by atoms with van der Waals surface area (Å²) in [6.45, 7) is 3.42. The molecule has 0 fully saturated rings. The van der Waals surface area contributed by atoms with E-state index in [1.54, 1.807) is 47.3 Å². The van der Waals surface area contributed by atoms with E-state index in [-0.39, 0.29) is 18.6 Å². The average molecular weight is 398 g/mol. The second-order valence-electron chi connectivity index (χ2n) is 6.35. The molecule has 1 N–H and O–H groups in total. The molecule has 7 heteroatoms. The first kappa shape index (κ1) is 19.6. The summed E-state index contributed by atoms with van der Waals surface area (Å²) in [4.78, 5) is 24.2. The zero-order valence-electron chi connectivity index (χ0n) is 15.6. The first-order valence-corrected chi connectivity index (χ1v) is 9.15. The number of rotatable bonds is 6. The van der Waals surface area contributed by atoms with Crippen LogP contribution in [0.1, 0.15) is 34.6 Å². The molecular formula is C21H20ClN3O3. The number of amides is 1. The van der Waals surface area contributed by atoms with Crippen molar-refractivity contribution >= 4 is 23.5 Å². The molecule has 1 atom stereocenters. The normalized spacial score (nSPS) is 11.7. The highest BCUT2D eigenvalue weighted by Crippen LogP contribution is 2.17. The third kappa shape index (κ3) is 4.78. The molecule has 28 heavy (non-hydrogen) atoms. The maximum absolute atomic E-state index is 12.2. The smallest absolute Gasteiger partial charge is 0.338 e. The molecule has 0 bridgehead atoms. The van der Waals surface area contributed by atoms with E-state index in [0.717, 1.165) is 16.9 Å². The average Bonchev–Trinajstić information content (AvgIpc) is 3.12. The van der Waals surface area contributed by atoms with Gasteiger partial charge in [0.15, 0.2) is 6.61 Å². The molecule has 144 valence electrons. The van der Waals surface area contributed by atoms with E-state index in [4.69, 9.17) is 16.3 Å². The molecular weight excluding hydrogens is 378 g/mol. The number of aromatic nitrogens is 2. The molecule has 0 unspecified atom stereocenters. The Morgan fingerprint density at radius 2 is 1.93 bits per heavy atom. The van der Waals surface area contributed by atoms with Crippen molar-refractivity contribution in [2.24, 2.45) is 0 Å². The number of carbonyl (C=O) groups excluding carboxylic acids is 2. The van der Waals surface area contributed by atoms with E-state index >= 15 is 0 Å². The Morgan fingerprint density at radius 3 is 2.57 bits per heavy atom.